The normalized spacial score (nSPS) is 23.1. The molecule has 2 aliphatic rings. The zero-order chi connectivity index (χ0) is 20.8. The SMILES string of the molecule is O=C1NC(=O)C2(C(=O)N1)C(c1ccc(Br)cc1)NC(=S)NC2c1ccc(Br)cc1. The van der Waals surface area contributed by atoms with Crippen LogP contribution in [0.1, 0.15) is 23.2 Å². The van der Waals surface area contributed by atoms with Gasteiger partial charge in [-0.3, -0.25) is 20.2 Å². The molecule has 0 bridgehead atoms. The van der Waals surface area contributed by atoms with Crippen molar-refractivity contribution >= 4 is 67.0 Å². The van der Waals surface area contributed by atoms with Gasteiger partial charge < -0.3 is 10.6 Å². The minimum absolute atomic E-state index is 0.300. The van der Waals surface area contributed by atoms with E-state index in [0.29, 0.717) is 16.2 Å². The number of benzene rings is 2. The number of hydrogen-bond donors (Lipinski definition) is 4. The van der Waals surface area contributed by atoms with E-state index in [4.69, 9.17) is 12.2 Å². The third-order valence-electron chi connectivity index (χ3n) is 5.07. The minimum atomic E-state index is -1.70. The van der Waals surface area contributed by atoms with E-state index in [0.717, 1.165) is 8.95 Å². The average molecular weight is 538 g/mol. The Morgan fingerprint density at radius 1 is 0.724 bits per heavy atom. The van der Waals surface area contributed by atoms with Crippen LogP contribution in [0.25, 0.3) is 0 Å². The smallest absolute Gasteiger partial charge is 0.328 e. The maximum Gasteiger partial charge on any atom is 0.328 e. The molecule has 2 heterocycles. The molecule has 0 aromatic heterocycles. The number of amides is 4. The molecular weight excluding hydrogens is 524 g/mol. The zero-order valence-corrected chi connectivity index (χ0v) is 18.7. The van der Waals surface area contributed by atoms with Gasteiger partial charge in [0.25, 0.3) is 0 Å². The summed E-state index contributed by atoms with van der Waals surface area (Å²) in [6.45, 7) is 0. The van der Waals surface area contributed by atoms with Crippen LogP contribution in [0.15, 0.2) is 57.5 Å². The van der Waals surface area contributed by atoms with Gasteiger partial charge in [0.2, 0.25) is 11.8 Å². The number of thiocarbonyl (C=S) groups is 1. The van der Waals surface area contributed by atoms with E-state index in [2.05, 4.69) is 53.1 Å². The highest BCUT2D eigenvalue weighted by molar-refractivity contribution is 9.10. The summed E-state index contributed by atoms with van der Waals surface area (Å²) in [7, 11) is 0. The first-order valence-corrected chi connectivity index (χ1v) is 10.6. The fraction of sp³-hybridized carbons (Fsp3) is 0.158. The summed E-state index contributed by atoms with van der Waals surface area (Å²) in [4.78, 5) is 38.3. The molecular formula is C19H14Br2N4O3S. The van der Waals surface area contributed by atoms with Crippen LogP contribution in [0.5, 0.6) is 0 Å². The van der Waals surface area contributed by atoms with Gasteiger partial charge in [-0.2, -0.15) is 0 Å². The summed E-state index contributed by atoms with van der Waals surface area (Å²) in [6, 6.07) is 12.0. The van der Waals surface area contributed by atoms with Crippen LogP contribution in [0.3, 0.4) is 0 Å². The highest BCUT2D eigenvalue weighted by atomic mass is 79.9. The molecule has 1 spiro atoms. The molecule has 2 aromatic rings. The lowest BCUT2D eigenvalue weighted by Crippen LogP contribution is -2.73. The fourth-order valence-corrected chi connectivity index (χ4v) is 4.54. The second-order valence-electron chi connectivity index (χ2n) is 6.69. The van der Waals surface area contributed by atoms with Crippen LogP contribution in [-0.4, -0.2) is 23.0 Å². The first-order valence-electron chi connectivity index (χ1n) is 8.57. The number of carbonyl (C=O) groups is 3. The molecule has 0 aliphatic carbocycles. The van der Waals surface area contributed by atoms with E-state index in [1.807, 2.05) is 24.3 Å². The lowest BCUT2D eigenvalue weighted by molar-refractivity contribution is -0.149. The van der Waals surface area contributed by atoms with E-state index >= 15 is 0 Å². The molecule has 148 valence electrons. The maximum atomic E-state index is 13.3. The van der Waals surface area contributed by atoms with E-state index in [1.165, 1.54) is 0 Å². The van der Waals surface area contributed by atoms with Gasteiger partial charge in [-0.25, -0.2) is 4.79 Å². The van der Waals surface area contributed by atoms with E-state index in [1.54, 1.807) is 24.3 Å². The van der Waals surface area contributed by atoms with Gasteiger partial charge >= 0.3 is 6.03 Å². The highest BCUT2D eigenvalue weighted by Gasteiger charge is 2.63. The Balaban J connectivity index is 1.93. The van der Waals surface area contributed by atoms with Crippen molar-refractivity contribution in [3.8, 4) is 0 Å². The van der Waals surface area contributed by atoms with Gasteiger partial charge in [0, 0.05) is 8.95 Å². The number of rotatable bonds is 2. The Bertz CT molecular complexity index is 947. The summed E-state index contributed by atoms with van der Waals surface area (Å²) < 4.78 is 1.70. The van der Waals surface area contributed by atoms with Crippen molar-refractivity contribution in [1.82, 2.24) is 21.3 Å². The largest absolute Gasteiger partial charge is 0.354 e. The van der Waals surface area contributed by atoms with Crippen molar-refractivity contribution in [2.24, 2.45) is 5.41 Å². The van der Waals surface area contributed by atoms with Gasteiger partial charge in [-0.05, 0) is 47.6 Å². The summed E-state index contributed by atoms with van der Waals surface area (Å²) in [5.74, 6) is -1.40. The molecule has 0 saturated carbocycles. The Morgan fingerprint density at radius 3 is 1.48 bits per heavy atom. The number of urea groups is 1. The fourth-order valence-electron chi connectivity index (χ4n) is 3.77. The lowest BCUT2D eigenvalue weighted by Gasteiger charge is -2.49. The van der Waals surface area contributed by atoms with E-state index in [9.17, 15) is 14.4 Å². The molecule has 2 fully saturated rings. The van der Waals surface area contributed by atoms with Gasteiger partial charge in [0.15, 0.2) is 10.5 Å². The van der Waals surface area contributed by atoms with Crippen molar-refractivity contribution in [1.29, 1.82) is 0 Å². The Morgan fingerprint density at radius 2 is 1.10 bits per heavy atom. The molecule has 29 heavy (non-hydrogen) atoms. The van der Waals surface area contributed by atoms with Crippen molar-refractivity contribution in [2.45, 2.75) is 12.1 Å². The molecule has 2 aromatic carbocycles. The number of barbiturate groups is 1. The average Bonchev–Trinajstić information content (AvgIpc) is 2.67. The molecule has 2 unspecified atom stereocenters. The summed E-state index contributed by atoms with van der Waals surface area (Å²) >= 11 is 12.2. The molecule has 4 N–H and O–H groups in total. The standard InChI is InChI=1S/C19H14Br2N4O3S/c20-11-5-1-9(2-6-11)13-19(15(26)24-17(28)25-16(19)27)14(23-18(29)22-13)10-3-7-12(21)8-4-10/h1-8,13-14H,(H2,22,23,29)(H2,24,25,26,27,28). The zero-order valence-electron chi connectivity index (χ0n) is 14.7. The van der Waals surface area contributed by atoms with Gasteiger partial charge in [-0.1, -0.05) is 56.1 Å². The van der Waals surface area contributed by atoms with E-state index in [-0.39, 0.29) is 0 Å². The highest BCUT2D eigenvalue weighted by Crippen LogP contribution is 2.48. The second kappa shape index (κ2) is 7.51. The molecule has 0 radical (unpaired) electrons. The van der Waals surface area contributed by atoms with Crippen molar-refractivity contribution in [2.75, 3.05) is 0 Å². The summed E-state index contributed by atoms with van der Waals surface area (Å²) in [6.07, 6.45) is 0. The minimum Gasteiger partial charge on any atom is -0.354 e. The third kappa shape index (κ3) is 3.34. The number of hydrogen-bond acceptors (Lipinski definition) is 4. The molecule has 7 nitrogen and oxygen atoms in total. The van der Waals surface area contributed by atoms with Crippen LogP contribution in [-0.2, 0) is 9.59 Å². The predicted octanol–water partition coefficient (Wildman–Crippen LogP) is 2.82. The molecule has 2 saturated heterocycles. The van der Waals surface area contributed by atoms with Crippen LogP contribution >= 0.6 is 44.1 Å². The first kappa shape index (κ1) is 20.0. The third-order valence-corrected chi connectivity index (χ3v) is 6.37. The molecule has 2 atom stereocenters. The molecule has 4 rings (SSSR count). The van der Waals surface area contributed by atoms with Crippen LogP contribution in [0.4, 0.5) is 4.79 Å². The Kier molecular flexibility index (Phi) is 5.18. The Hall–Kier alpha value is -2.30. The van der Waals surface area contributed by atoms with Crippen molar-refractivity contribution in [3.05, 3.63) is 68.6 Å². The maximum absolute atomic E-state index is 13.3. The summed E-state index contributed by atoms with van der Waals surface area (Å²) in [5, 5.41) is 10.9. The van der Waals surface area contributed by atoms with Gasteiger partial charge in [0.05, 0.1) is 12.1 Å². The second-order valence-corrected chi connectivity index (χ2v) is 8.93. The Labute approximate surface area is 188 Å². The van der Waals surface area contributed by atoms with Crippen LogP contribution in [0.2, 0.25) is 0 Å². The molecule has 4 amide bonds. The quantitative estimate of drug-likeness (QED) is 0.347. The number of nitrogens with one attached hydrogen (secondary N) is 4. The topological polar surface area (TPSA) is 99.3 Å². The van der Waals surface area contributed by atoms with E-state index < -0.39 is 35.3 Å². The number of imide groups is 2. The number of halogens is 2. The monoisotopic (exact) mass is 536 g/mol. The van der Waals surface area contributed by atoms with Crippen LogP contribution < -0.4 is 21.3 Å². The van der Waals surface area contributed by atoms with Gasteiger partial charge in [0.1, 0.15) is 0 Å². The van der Waals surface area contributed by atoms with Crippen molar-refractivity contribution in [3.63, 3.8) is 0 Å². The van der Waals surface area contributed by atoms with Gasteiger partial charge in [-0.15, -0.1) is 0 Å². The number of carbonyl (C=O) groups excluding carboxylic acids is 3. The summed E-state index contributed by atoms with van der Waals surface area (Å²) in [5.41, 5.74) is -0.338. The van der Waals surface area contributed by atoms with Crippen LogP contribution in [0, 0.1) is 5.41 Å². The van der Waals surface area contributed by atoms with Crippen molar-refractivity contribution < 1.29 is 14.4 Å². The molecule has 10 heteroatoms. The first-order chi connectivity index (χ1) is 13.8. The molecule has 2 aliphatic heterocycles. The predicted molar refractivity (Wildman–Crippen MR) is 117 cm³/mol. The lowest BCUT2D eigenvalue weighted by atomic mass is 9.66.